The van der Waals surface area contributed by atoms with Crippen molar-refractivity contribution in [1.29, 1.82) is 0 Å². The molecular weight excluding hydrogens is 220 g/mol. The van der Waals surface area contributed by atoms with Gasteiger partial charge in [0.05, 0.1) is 12.6 Å². The highest BCUT2D eigenvalue weighted by Crippen LogP contribution is 2.15. The van der Waals surface area contributed by atoms with Gasteiger partial charge in [0, 0.05) is 26.8 Å². The highest BCUT2D eigenvalue weighted by molar-refractivity contribution is 5.47. The van der Waals surface area contributed by atoms with E-state index >= 15 is 0 Å². The number of nitrogens with one attached hydrogen (secondary N) is 2. The fraction of sp³-hybridized carbons (Fsp3) is 0.636. The molecule has 1 fully saturated rings. The van der Waals surface area contributed by atoms with Crippen molar-refractivity contribution in [1.82, 2.24) is 9.97 Å². The van der Waals surface area contributed by atoms with Gasteiger partial charge in [-0.05, 0) is 6.42 Å². The molecule has 2 N–H and O–H groups in total. The van der Waals surface area contributed by atoms with E-state index in [2.05, 4.69) is 20.6 Å². The van der Waals surface area contributed by atoms with Crippen molar-refractivity contribution >= 4 is 11.6 Å². The molecular formula is C11H18N4O2. The summed E-state index contributed by atoms with van der Waals surface area (Å²) in [5.41, 5.74) is 0. The minimum atomic E-state index is 0.338. The highest BCUT2D eigenvalue weighted by Gasteiger charge is 2.16. The van der Waals surface area contributed by atoms with Crippen LogP contribution in [0.15, 0.2) is 6.07 Å². The Balaban J connectivity index is 2.10. The highest BCUT2D eigenvalue weighted by atomic mass is 16.5. The Morgan fingerprint density at radius 3 is 2.94 bits per heavy atom. The first-order valence-corrected chi connectivity index (χ1v) is 5.70. The fourth-order valence-electron chi connectivity index (χ4n) is 1.75. The maximum atomic E-state index is 5.32. The second-order valence-electron chi connectivity index (χ2n) is 3.94. The molecule has 0 radical (unpaired) electrons. The predicted octanol–water partition coefficient (Wildman–Crippen LogP) is 0.865. The summed E-state index contributed by atoms with van der Waals surface area (Å²) in [7, 11) is 3.47. The summed E-state index contributed by atoms with van der Waals surface area (Å²) >= 11 is 0. The zero-order valence-corrected chi connectivity index (χ0v) is 10.2. The molecule has 94 valence electrons. The van der Waals surface area contributed by atoms with E-state index in [1.807, 2.05) is 13.1 Å². The second-order valence-corrected chi connectivity index (χ2v) is 3.94. The van der Waals surface area contributed by atoms with Gasteiger partial charge in [0.25, 0.3) is 0 Å². The van der Waals surface area contributed by atoms with Crippen LogP contribution < -0.4 is 10.6 Å². The van der Waals surface area contributed by atoms with Gasteiger partial charge in [-0.3, -0.25) is 0 Å². The Morgan fingerprint density at radius 2 is 2.29 bits per heavy atom. The van der Waals surface area contributed by atoms with Gasteiger partial charge < -0.3 is 20.1 Å². The van der Waals surface area contributed by atoms with Crippen LogP contribution in [0, 0.1) is 0 Å². The lowest BCUT2D eigenvalue weighted by molar-refractivity contribution is 0.178. The lowest BCUT2D eigenvalue weighted by Crippen LogP contribution is -2.20. The number of anilines is 2. The zero-order chi connectivity index (χ0) is 12.1. The summed E-state index contributed by atoms with van der Waals surface area (Å²) in [6.07, 6.45) is 1.01. The number of methoxy groups -OCH3 is 1. The van der Waals surface area contributed by atoms with E-state index in [0.29, 0.717) is 18.5 Å². The van der Waals surface area contributed by atoms with Crippen molar-refractivity contribution in [3.05, 3.63) is 11.9 Å². The molecule has 0 saturated carbocycles. The smallest absolute Gasteiger partial charge is 0.158 e. The molecule has 0 aromatic carbocycles. The standard InChI is InChI=1S/C11H18N4O2/c1-12-9-5-10(13-8-3-4-17-6-8)15-11(14-9)7-16-2/h5,8H,3-4,6-7H2,1-2H3,(H2,12,13,14,15). The Morgan fingerprint density at radius 1 is 1.47 bits per heavy atom. The van der Waals surface area contributed by atoms with Crippen LogP contribution in [0.1, 0.15) is 12.2 Å². The lowest BCUT2D eigenvalue weighted by atomic mass is 10.2. The van der Waals surface area contributed by atoms with E-state index in [-0.39, 0.29) is 0 Å². The van der Waals surface area contributed by atoms with Crippen LogP contribution in [0.25, 0.3) is 0 Å². The molecule has 2 rings (SSSR count). The number of hydrogen-bond donors (Lipinski definition) is 2. The van der Waals surface area contributed by atoms with Crippen LogP contribution in [0.4, 0.5) is 11.6 Å². The van der Waals surface area contributed by atoms with E-state index in [1.165, 1.54) is 0 Å². The monoisotopic (exact) mass is 238 g/mol. The summed E-state index contributed by atoms with van der Waals surface area (Å²) < 4.78 is 10.4. The normalized spacial score (nSPS) is 19.3. The van der Waals surface area contributed by atoms with Crippen molar-refractivity contribution in [3.8, 4) is 0 Å². The van der Waals surface area contributed by atoms with Gasteiger partial charge >= 0.3 is 0 Å². The molecule has 1 saturated heterocycles. The van der Waals surface area contributed by atoms with Gasteiger partial charge in [0.1, 0.15) is 18.2 Å². The van der Waals surface area contributed by atoms with Gasteiger partial charge in [0.15, 0.2) is 5.82 Å². The van der Waals surface area contributed by atoms with Crippen LogP contribution >= 0.6 is 0 Å². The van der Waals surface area contributed by atoms with Crippen molar-refractivity contribution in [3.63, 3.8) is 0 Å². The molecule has 2 heterocycles. The maximum absolute atomic E-state index is 5.32. The molecule has 1 atom stereocenters. The van der Waals surface area contributed by atoms with Gasteiger partial charge in [-0.25, -0.2) is 9.97 Å². The number of ether oxygens (including phenoxy) is 2. The van der Waals surface area contributed by atoms with Gasteiger partial charge in [-0.2, -0.15) is 0 Å². The molecule has 1 aromatic heterocycles. The van der Waals surface area contributed by atoms with Crippen molar-refractivity contribution in [2.24, 2.45) is 0 Å². The molecule has 0 spiro atoms. The van der Waals surface area contributed by atoms with Crippen LogP contribution in [0.2, 0.25) is 0 Å². The van der Waals surface area contributed by atoms with Gasteiger partial charge in [-0.15, -0.1) is 0 Å². The largest absolute Gasteiger partial charge is 0.379 e. The minimum absolute atomic E-state index is 0.338. The minimum Gasteiger partial charge on any atom is -0.379 e. The van der Waals surface area contributed by atoms with E-state index in [9.17, 15) is 0 Å². The Hall–Kier alpha value is -1.40. The second kappa shape index (κ2) is 5.79. The molecule has 0 amide bonds. The third-order valence-corrected chi connectivity index (χ3v) is 2.58. The van der Waals surface area contributed by atoms with Gasteiger partial charge in [-0.1, -0.05) is 0 Å². The molecule has 0 bridgehead atoms. The third kappa shape index (κ3) is 3.28. The molecule has 1 aliphatic heterocycles. The summed E-state index contributed by atoms with van der Waals surface area (Å²) in [6, 6.07) is 2.22. The first-order valence-electron chi connectivity index (χ1n) is 5.70. The Labute approximate surface area is 101 Å². The van der Waals surface area contributed by atoms with Crippen LogP contribution in [0.5, 0.6) is 0 Å². The summed E-state index contributed by atoms with van der Waals surface area (Å²) in [5.74, 6) is 2.26. The van der Waals surface area contributed by atoms with E-state index in [4.69, 9.17) is 9.47 Å². The van der Waals surface area contributed by atoms with Crippen molar-refractivity contribution in [2.45, 2.75) is 19.1 Å². The zero-order valence-electron chi connectivity index (χ0n) is 10.2. The van der Waals surface area contributed by atoms with E-state index < -0.39 is 0 Å². The Bertz CT molecular complexity index is 366. The van der Waals surface area contributed by atoms with Crippen molar-refractivity contribution in [2.75, 3.05) is 38.0 Å². The number of rotatable bonds is 5. The SMILES string of the molecule is CNc1cc(NC2CCOC2)nc(COC)n1. The number of nitrogens with zero attached hydrogens (tertiary/aromatic N) is 2. The number of aromatic nitrogens is 2. The third-order valence-electron chi connectivity index (χ3n) is 2.58. The van der Waals surface area contributed by atoms with Crippen LogP contribution in [-0.4, -0.2) is 43.4 Å². The van der Waals surface area contributed by atoms with Crippen LogP contribution in [0.3, 0.4) is 0 Å². The molecule has 17 heavy (non-hydrogen) atoms. The summed E-state index contributed by atoms with van der Waals surface area (Å²) in [4.78, 5) is 8.69. The molecule has 6 nitrogen and oxygen atoms in total. The number of hydrogen-bond acceptors (Lipinski definition) is 6. The average Bonchev–Trinajstić information content (AvgIpc) is 2.82. The van der Waals surface area contributed by atoms with Crippen LogP contribution in [-0.2, 0) is 16.1 Å². The molecule has 6 heteroatoms. The Kier molecular flexibility index (Phi) is 4.11. The fourth-order valence-corrected chi connectivity index (χ4v) is 1.75. The topological polar surface area (TPSA) is 68.3 Å². The molecule has 1 unspecified atom stereocenters. The van der Waals surface area contributed by atoms with E-state index in [0.717, 1.165) is 31.3 Å². The van der Waals surface area contributed by atoms with E-state index in [1.54, 1.807) is 7.11 Å². The first-order chi connectivity index (χ1) is 8.31. The maximum Gasteiger partial charge on any atom is 0.158 e. The van der Waals surface area contributed by atoms with Crippen molar-refractivity contribution < 1.29 is 9.47 Å². The average molecular weight is 238 g/mol. The first kappa shape index (κ1) is 12.1. The molecule has 1 aromatic rings. The predicted molar refractivity (Wildman–Crippen MR) is 65.1 cm³/mol. The van der Waals surface area contributed by atoms with Gasteiger partial charge in [0.2, 0.25) is 0 Å². The molecule has 0 aliphatic carbocycles. The summed E-state index contributed by atoms with van der Waals surface area (Å²) in [6.45, 7) is 1.95. The quantitative estimate of drug-likeness (QED) is 0.793. The molecule has 1 aliphatic rings. The summed E-state index contributed by atoms with van der Waals surface area (Å²) in [5, 5.41) is 6.36. The lowest BCUT2D eigenvalue weighted by Gasteiger charge is -2.13.